The molecule has 1 aromatic carbocycles. The van der Waals surface area contributed by atoms with Crippen LogP contribution in [0.4, 0.5) is 0 Å². The minimum Gasteiger partial charge on any atom is -0.269 e. The number of hydrogen-bond acceptors (Lipinski definition) is 1. The van der Waals surface area contributed by atoms with Crippen LogP contribution < -0.4 is 5.30 Å². The second-order valence-electron chi connectivity index (χ2n) is 4.19. The molecule has 0 aliphatic heterocycles. The molecule has 0 aliphatic rings. The Morgan fingerprint density at radius 2 is 1.43 bits per heavy atom. The second kappa shape index (κ2) is 4.70. The van der Waals surface area contributed by atoms with Gasteiger partial charge in [-0.05, 0) is 23.0 Å². The topological polar surface area (TPSA) is 17.1 Å². The smallest absolute Gasteiger partial charge is 0.192 e. The van der Waals surface area contributed by atoms with Crippen LogP contribution in [0.5, 0.6) is 0 Å². The van der Waals surface area contributed by atoms with E-state index in [-0.39, 0.29) is 8.46 Å². The van der Waals surface area contributed by atoms with Gasteiger partial charge in [-0.1, -0.05) is 45.9 Å². The fraction of sp³-hybridized carbons (Fsp3) is 0.500. The van der Waals surface area contributed by atoms with Gasteiger partial charge in [0, 0.05) is 5.30 Å². The van der Waals surface area contributed by atoms with Gasteiger partial charge in [-0.2, -0.15) is 0 Å². The summed E-state index contributed by atoms with van der Waals surface area (Å²) in [6.45, 7) is 8.53. The molecule has 0 fully saturated rings. The standard InChI is InChI=1S/C12H17OP/c1-8(2)10-6-5-7-11(9(3)4)12(10)14-13/h5-9H,1-4H3. The first-order valence-corrected chi connectivity index (χ1v) is 5.85. The van der Waals surface area contributed by atoms with Gasteiger partial charge in [0.2, 0.25) is 0 Å². The Morgan fingerprint density at radius 3 is 1.71 bits per heavy atom. The van der Waals surface area contributed by atoms with Crippen molar-refractivity contribution in [2.75, 3.05) is 0 Å². The maximum absolute atomic E-state index is 11.2. The van der Waals surface area contributed by atoms with E-state index < -0.39 is 0 Å². The summed E-state index contributed by atoms with van der Waals surface area (Å²) in [4.78, 5) is 0. The molecule has 0 N–H and O–H groups in total. The molecule has 14 heavy (non-hydrogen) atoms. The molecule has 0 spiro atoms. The van der Waals surface area contributed by atoms with E-state index >= 15 is 0 Å². The van der Waals surface area contributed by atoms with Crippen LogP contribution in [0.15, 0.2) is 18.2 Å². The molecule has 0 saturated carbocycles. The zero-order valence-corrected chi connectivity index (χ0v) is 10.1. The highest BCUT2D eigenvalue weighted by atomic mass is 31.1. The highest BCUT2D eigenvalue weighted by Crippen LogP contribution is 2.22. The van der Waals surface area contributed by atoms with E-state index in [1.54, 1.807) is 0 Å². The summed E-state index contributed by atoms with van der Waals surface area (Å²) >= 11 is 0. The minimum absolute atomic E-state index is 0.146. The molecule has 0 saturated heterocycles. The van der Waals surface area contributed by atoms with Crippen molar-refractivity contribution in [2.45, 2.75) is 39.5 Å². The lowest BCUT2D eigenvalue weighted by atomic mass is 9.95. The molecule has 1 aromatic rings. The molecule has 76 valence electrons. The summed E-state index contributed by atoms with van der Waals surface area (Å²) in [5, 5.41) is 0.984. The van der Waals surface area contributed by atoms with E-state index in [0.717, 1.165) is 5.30 Å². The lowest BCUT2D eigenvalue weighted by molar-refractivity contribution is 0.602. The predicted octanol–water partition coefficient (Wildman–Crippen LogP) is 3.85. The van der Waals surface area contributed by atoms with Gasteiger partial charge in [0.05, 0.1) is 0 Å². The molecule has 1 rings (SSSR count). The van der Waals surface area contributed by atoms with Crippen LogP contribution in [-0.2, 0) is 4.57 Å². The fourth-order valence-electron chi connectivity index (χ4n) is 1.62. The van der Waals surface area contributed by atoms with E-state index in [0.29, 0.717) is 11.8 Å². The lowest BCUT2D eigenvalue weighted by Gasteiger charge is -2.14. The number of benzene rings is 1. The van der Waals surface area contributed by atoms with Gasteiger partial charge in [-0.15, -0.1) is 0 Å². The predicted molar refractivity (Wildman–Crippen MR) is 61.9 cm³/mol. The van der Waals surface area contributed by atoms with Crippen LogP contribution in [-0.4, -0.2) is 0 Å². The van der Waals surface area contributed by atoms with Crippen LogP contribution in [0, 0.1) is 0 Å². The molecule has 0 heterocycles. The van der Waals surface area contributed by atoms with Crippen molar-refractivity contribution in [3.05, 3.63) is 29.3 Å². The first-order valence-electron chi connectivity index (χ1n) is 5.04. The van der Waals surface area contributed by atoms with Crippen molar-refractivity contribution < 1.29 is 4.57 Å². The summed E-state index contributed by atoms with van der Waals surface area (Å²) in [6.07, 6.45) is 0. The van der Waals surface area contributed by atoms with E-state index in [1.807, 2.05) is 0 Å². The Hall–Kier alpha value is -0.680. The van der Waals surface area contributed by atoms with Gasteiger partial charge in [0.15, 0.2) is 8.46 Å². The van der Waals surface area contributed by atoms with Crippen molar-refractivity contribution >= 4 is 13.8 Å². The van der Waals surface area contributed by atoms with E-state index in [9.17, 15) is 4.57 Å². The van der Waals surface area contributed by atoms with Crippen molar-refractivity contribution in [1.29, 1.82) is 0 Å². The minimum atomic E-state index is 0.146. The lowest BCUT2D eigenvalue weighted by Crippen LogP contribution is -2.11. The van der Waals surface area contributed by atoms with Crippen LogP contribution in [0.1, 0.15) is 50.7 Å². The first kappa shape index (κ1) is 11.4. The Balaban J connectivity index is 3.32. The van der Waals surface area contributed by atoms with Crippen LogP contribution in [0.2, 0.25) is 0 Å². The molecular weight excluding hydrogens is 191 g/mol. The highest BCUT2D eigenvalue weighted by Gasteiger charge is 2.12. The van der Waals surface area contributed by atoms with Gasteiger partial charge in [-0.3, -0.25) is 4.57 Å². The maximum Gasteiger partial charge on any atom is 0.192 e. The van der Waals surface area contributed by atoms with Crippen molar-refractivity contribution in [2.24, 2.45) is 0 Å². The van der Waals surface area contributed by atoms with Gasteiger partial charge in [0.25, 0.3) is 0 Å². The maximum atomic E-state index is 11.2. The summed E-state index contributed by atoms with van der Waals surface area (Å²) in [5.74, 6) is 0.871. The van der Waals surface area contributed by atoms with Crippen molar-refractivity contribution in [1.82, 2.24) is 0 Å². The molecular formula is C12H17OP. The molecule has 0 unspecified atom stereocenters. The quantitative estimate of drug-likeness (QED) is 0.689. The zero-order valence-electron chi connectivity index (χ0n) is 9.24. The fourth-order valence-corrected chi connectivity index (χ4v) is 2.49. The third-order valence-electron chi connectivity index (χ3n) is 2.43. The van der Waals surface area contributed by atoms with Crippen LogP contribution >= 0.6 is 8.46 Å². The van der Waals surface area contributed by atoms with Crippen LogP contribution in [0.25, 0.3) is 0 Å². The molecule has 2 heteroatoms. The van der Waals surface area contributed by atoms with Crippen LogP contribution in [0.3, 0.4) is 0 Å². The van der Waals surface area contributed by atoms with E-state index in [2.05, 4.69) is 45.9 Å². The normalized spacial score (nSPS) is 11.6. The summed E-state index contributed by atoms with van der Waals surface area (Å²) < 4.78 is 11.2. The first-order chi connectivity index (χ1) is 6.57. The van der Waals surface area contributed by atoms with Gasteiger partial charge < -0.3 is 0 Å². The molecule has 1 nitrogen and oxygen atoms in total. The Morgan fingerprint density at radius 1 is 1.00 bits per heavy atom. The molecule has 0 bridgehead atoms. The third kappa shape index (κ3) is 2.22. The number of rotatable bonds is 3. The average molecular weight is 208 g/mol. The molecule has 0 radical (unpaired) electrons. The van der Waals surface area contributed by atoms with Crippen molar-refractivity contribution in [3.8, 4) is 0 Å². The Labute approximate surface area is 87.7 Å². The molecule has 0 aliphatic carbocycles. The summed E-state index contributed by atoms with van der Waals surface area (Å²) in [6, 6.07) is 6.19. The molecule has 0 aromatic heterocycles. The van der Waals surface area contributed by atoms with E-state index in [4.69, 9.17) is 0 Å². The van der Waals surface area contributed by atoms with E-state index in [1.165, 1.54) is 11.1 Å². The van der Waals surface area contributed by atoms with Gasteiger partial charge in [0.1, 0.15) is 0 Å². The third-order valence-corrected chi connectivity index (χ3v) is 3.13. The largest absolute Gasteiger partial charge is 0.269 e. The highest BCUT2D eigenvalue weighted by molar-refractivity contribution is 7.34. The Bertz CT molecular complexity index is 303. The van der Waals surface area contributed by atoms with Crippen molar-refractivity contribution in [3.63, 3.8) is 0 Å². The Kier molecular flexibility index (Phi) is 3.83. The monoisotopic (exact) mass is 208 g/mol. The number of hydrogen-bond donors (Lipinski definition) is 0. The molecule has 0 atom stereocenters. The second-order valence-corrected chi connectivity index (χ2v) is 4.82. The SMILES string of the molecule is CC(C)c1cccc(C(C)C)c1P=O. The van der Waals surface area contributed by atoms with Gasteiger partial charge >= 0.3 is 0 Å². The summed E-state index contributed by atoms with van der Waals surface area (Å²) in [7, 11) is 0.146. The molecule has 0 amide bonds. The zero-order chi connectivity index (χ0) is 10.7. The average Bonchev–Trinajstić information content (AvgIpc) is 2.16. The van der Waals surface area contributed by atoms with Gasteiger partial charge in [-0.25, -0.2) is 0 Å². The summed E-state index contributed by atoms with van der Waals surface area (Å²) in [5.41, 5.74) is 2.40.